The second kappa shape index (κ2) is 13.1. The van der Waals surface area contributed by atoms with Crippen LogP contribution in [0.3, 0.4) is 0 Å². The van der Waals surface area contributed by atoms with Crippen LogP contribution in [0.15, 0.2) is 30.5 Å². The minimum absolute atomic E-state index is 0.201. The number of likely N-dealkylation sites (tertiary alicyclic amines) is 1. The van der Waals surface area contributed by atoms with Crippen LogP contribution in [-0.2, 0) is 13.1 Å². The highest BCUT2D eigenvalue weighted by molar-refractivity contribution is 6.33. The van der Waals surface area contributed by atoms with Crippen molar-refractivity contribution in [2.24, 2.45) is 0 Å². The van der Waals surface area contributed by atoms with Crippen LogP contribution in [0.5, 0.6) is 0 Å². The predicted molar refractivity (Wildman–Crippen MR) is 148 cm³/mol. The van der Waals surface area contributed by atoms with Crippen molar-refractivity contribution >= 4 is 35.1 Å². The largest absolute Gasteiger partial charge is 0.353 e. The van der Waals surface area contributed by atoms with Gasteiger partial charge in [-0.15, -0.1) is 0 Å². The highest BCUT2D eigenvalue weighted by atomic mass is 35.5. The van der Waals surface area contributed by atoms with Gasteiger partial charge >= 0.3 is 6.03 Å². The summed E-state index contributed by atoms with van der Waals surface area (Å²) in [7, 11) is 0. The number of hydrogen-bond acceptors (Lipinski definition) is 5. The third-order valence-electron chi connectivity index (χ3n) is 7.40. The highest BCUT2D eigenvalue weighted by Gasteiger charge is 2.34. The molecular formula is C27H37Cl2FN6O. The Kier molecular flexibility index (Phi) is 9.87. The van der Waals surface area contributed by atoms with Gasteiger partial charge in [0.25, 0.3) is 0 Å². The number of aromatic nitrogens is 1. The fourth-order valence-corrected chi connectivity index (χ4v) is 5.88. The first-order valence-corrected chi connectivity index (χ1v) is 14.0. The number of halogens is 3. The van der Waals surface area contributed by atoms with Gasteiger partial charge in [0.15, 0.2) is 0 Å². The monoisotopic (exact) mass is 550 g/mol. The van der Waals surface area contributed by atoms with Crippen molar-refractivity contribution in [2.75, 3.05) is 44.2 Å². The zero-order valence-electron chi connectivity index (χ0n) is 21.7. The van der Waals surface area contributed by atoms with Crippen LogP contribution in [0.2, 0.25) is 10.0 Å². The maximum absolute atomic E-state index is 14.2. The minimum Gasteiger partial charge on any atom is -0.353 e. The number of rotatable bonds is 8. The number of urea groups is 1. The molecule has 0 radical (unpaired) electrons. The first-order chi connectivity index (χ1) is 17.9. The van der Waals surface area contributed by atoms with E-state index < -0.39 is 0 Å². The summed E-state index contributed by atoms with van der Waals surface area (Å²) in [6.07, 6.45) is 5.01. The maximum Gasteiger partial charge on any atom is 0.315 e. The molecule has 7 nitrogen and oxygen atoms in total. The molecule has 1 aromatic carbocycles. The summed E-state index contributed by atoms with van der Waals surface area (Å²) in [5, 5.41) is 6.57. The summed E-state index contributed by atoms with van der Waals surface area (Å²) < 4.78 is 14.2. The molecule has 4 rings (SSSR count). The summed E-state index contributed by atoms with van der Waals surface area (Å²) in [5.41, 5.74) is 1.58. The third-order valence-corrected chi connectivity index (χ3v) is 7.92. The van der Waals surface area contributed by atoms with Gasteiger partial charge in [0.2, 0.25) is 0 Å². The van der Waals surface area contributed by atoms with E-state index in [0.29, 0.717) is 47.3 Å². The molecule has 2 amide bonds. The van der Waals surface area contributed by atoms with E-state index in [1.165, 1.54) is 6.07 Å². The zero-order valence-corrected chi connectivity index (χ0v) is 23.2. The summed E-state index contributed by atoms with van der Waals surface area (Å²) in [6, 6.07) is 7.60. The Balaban J connectivity index is 1.30. The molecule has 0 saturated carbocycles. The molecule has 0 unspecified atom stereocenters. The average Bonchev–Trinajstić information content (AvgIpc) is 2.89. The Bertz CT molecular complexity index is 1070. The molecule has 37 heavy (non-hydrogen) atoms. The Morgan fingerprint density at radius 2 is 1.89 bits per heavy atom. The van der Waals surface area contributed by atoms with Gasteiger partial charge < -0.3 is 15.5 Å². The standard InChI is InChI=1S/C27H37Cl2FN6O/c1-3-22-18-35(26-24(29)13-19(15-32-26)16-33-27(37)31-4-2)11-12-36(22)23-7-9-34(10-8-23)17-20-5-6-21(28)14-25(20)30/h5-6,13-15,22-23H,3-4,7-12,16-18H2,1-2H3,(H2,31,33,37)/t22-/m0/s1. The van der Waals surface area contributed by atoms with Crippen molar-refractivity contribution in [2.45, 2.75) is 58.3 Å². The maximum atomic E-state index is 14.2. The van der Waals surface area contributed by atoms with E-state index in [-0.39, 0.29) is 11.8 Å². The Hall–Kier alpha value is -2.13. The van der Waals surface area contributed by atoms with Gasteiger partial charge in [-0.1, -0.05) is 36.2 Å². The van der Waals surface area contributed by atoms with Crippen molar-refractivity contribution in [3.63, 3.8) is 0 Å². The Labute approximate surface area is 229 Å². The van der Waals surface area contributed by atoms with Crippen LogP contribution >= 0.6 is 23.2 Å². The van der Waals surface area contributed by atoms with Gasteiger partial charge in [0.1, 0.15) is 11.6 Å². The molecule has 0 spiro atoms. The normalized spacial score (nSPS) is 19.7. The lowest BCUT2D eigenvalue weighted by Gasteiger charge is -2.47. The van der Waals surface area contributed by atoms with E-state index in [4.69, 9.17) is 23.2 Å². The van der Waals surface area contributed by atoms with Crippen LogP contribution < -0.4 is 15.5 Å². The van der Waals surface area contributed by atoms with Crippen LogP contribution in [0.4, 0.5) is 15.0 Å². The topological polar surface area (TPSA) is 63.7 Å². The lowest BCUT2D eigenvalue weighted by molar-refractivity contribution is 0.0607. The molecular weight excluding hydrogens is 514 g/mol. The van der Waals surface area contributed by atoms with E-state index in [1.807, 2.05) is 13.0 Å². The number of nitrogens with one attached hydrogen (secondary N) is 2. The second-order valence-electron chi connectivity index (χ2n) is 9.85. The first-order valence-electron chi connectivity index (χ1n) is 13.2. The number of carbonyl (C=O) groups excluding carboxylic acids is 1. The summed E-state index contributed by atoms with van der Waals surface area (Å²) >= 11 is 12.5. The first kappa shape index (κ1) is 27.9. The molecule has 3 heterocycles. The van der Waals surface area contributed by atoms with Gasteiger partial charge in [-0.05, 0) is 63.0 Å². The molecule has 2 N–H and O–H groups in total. The number of piperazine rings is 1. The van der Waals surface area contributed by atoms with Crippen molar-refractivity contribution < 1.29 is 9.18 Å². The fraction of sp³-hybridized carbons (Fsp3) is 0.556. The molecule has 2 aliphatic rings. The number of pyridine rings is 1. The van der Waals surface area contributed by atoms with Gasteiger partial charge in [-0.25, -0.2) is 14.2 Å². The summed E-state index contributed by atoms with van der Waals surface area (Å²) in [5.74, 6) is 0.580. The number of hydrogen-bond donors (Lipinski definition) is 2. The number of amides is 2. The zero-order chi connectivity index (χ0) is 26.4. The summed E-state index contributed by atoms with van der Waals surface area (Å²) in [4.78, 5) is 23.6. The fourth-order valence-electron chi connectivity index (χ4n) is 5.41. The molecule has 2 aliphatic heterocycles. The molecule has 0 bridgehead atoms. The second-order valence-corrected chi connectivity index (χ2v) is 10.7. The Morgan fingerprint density at radius 1 is 1.11 bits per heavy atom. The van der Waals surface area contributed by atoms with Gasteiger partial charge in [-0.3, -0.25) is 9.80 Å². The molecule has 2 fully saturated rings. The quantitative estimate of drug-likeness (QED) is 0.488. The molecule has 2 aromatic rings. The van der Waals surface area contributed by atoms with Crippen LogP contribution in [0.25, 0.3) is 0 Å². The van der Waals surface area contributed by atoms with E-state index >= 15 is 0 Å². The third kappa shape index (κ3) is 7.25. The van der Waals surface area contributed by atoms with Gasteiger partial charge in [-0.2, -0.15) is 0 Å². The molecule has 1 atom stereocenters. The molecule has 2 saturated heterocycles. The van der Waals surface area contributed by atoms with E-state index in [9.17, 15) is 9.18 Å². The van der Waals surface area contributed by atoms with Crippen LogP contribution in [0, 0.1) is 5.82 Å². The molecule has 202 valence electrons. The lowest BCUT2D eigenvalue weighted by Crippen LogP contribution is -2.58. The number of benzene rings is 1. The van der Waals surface area contributed by atoms with Gasteiger partial charge in [0, 0.05) is 68.1 Å². The van der Waals surface area contributed by atoms with Gasteiger partial charge in [0.05, 0.1) is 5.02 Å². The van der Waals surface area contributed by atoms with Crippen molar-refractivity contribution in [1.29, 1.82) is 0 Å². The number of anilines is 1. The number of nitrogens with zero attached hydrogens (tertiary/aromatic N) is 4. The van der Waals surface area contributed by atoms with Crippen molar-refractivity contribution in [3.05, 3.63) is 57.5 Å². The SMILES string of the molecule is CCNC(=O)NCc1cnc(N2CCN(C3CCN(Cc4ccc(Cl)cc4F)CC3)[C@@H](CC)C2)c(Cl)c1. The van der Waals surface area contributed by atoms with Crippen LogP contribution in [-0.4, -0.2) is 72.2 Å². The number of piperidine rings is 1. The molecule has 10 heteroatoms. The smallest absolute Gasteiger partial charge is 0.315 e. The Morgan fingerprint density at radius 3 is 2.57 bits per heavy atom. The van der Waals surface area contributed by atoms with Crippen molar-refractivity contribution in [1.82, 2.24) is 25.4 Å². The predicted octanol–water partition coefficient (Wildman–Crippen LogP) is 4.91. The average molecular weight is 552 g/mol. The molecule has 1 aromatic heterocycles. The van der Waals surface area contributed by atoms with Crippen molar-refractivity contribution in [3.8, 4) is 0 Å². The lowest BCUT2D eigenvalue weighted by atomic mass is 9.97. The minimum atomic E-state index is -0.227. The van der Waals surface area contributed by atoms with Crippen LogP contribution in [0.1, 0.15) is 44.2 Å². The summed E-state index contributed by atoms with van der Waals surface area (Å²) in [6.45, 7) is 10.4. The van der Waals surface area contributed by atoms with E-state index in [1.54, 1.807) is 18.3 Å². The molecule has 0 aliphatic carbocycles. The van der Waals surface area contributed by atoms with E-state index in [0.717, 1.165) is 63.4 Å². The van der Waals surface area contributed by atoms with E-state index in [2.05, 4.69) is 37.2 Å². The highest BCUT2D eigenvalue weighted by Crippen LogP contribution is 2.30. The number of carbonyl (C=O) groups is 1.